The van der Waals surface area contributed by atoms with Crippen LogP contribution in [0.25, 0.3) is 5.69 Å². The van der Waals surface area contributed by atoms with E-state index in [9.17, 15) is 0 Å². The van der Waals surface area contributed by atoms with Gasteiger partial charge in [-0.15, -0.1) is 0 Å². The standard InChI is InChI=1S/C16H19ClN2/c1-10-6-7-13(17)16(8-10)19-11(2)9-12-14(18)4-3-5-15(12)19/h6-9,14H,3-5,18H2,1-2H3. The van der Waals surface area contributed by atoms with Gasteiger partial charge in [0.15, 0.2) is 0 Å². The van der Waals surface area contributed by atoms with Crippen LogP contribution in [0.2, 0.25) is 5.02 Å². The Bertz CT molecular complexity index is 628. The summed E-state index contributed by atoms with van der Waals surface area (Å²) in [5.74, 6) is 0. The first-order chi connectivity index (χ1) is 9.08. The molecule has 0 fully saturated rings. The van der Waals surface area contributed by atoms with Gasteiger partial charge < -0.3 is 10.3 Å². The molecular formula is C16H19ClN2. The van der Waals surface area contributed by atoms with E-state index in [0.29, 0.717) is 0 Å². The summed E-state index contributed by atoms with van der Waals surface area (Å²) in [6, 6.07) is 8.56. The van der Waals surface area contributed by atoms with Gasteiger partial charge in [0.05, 0.1) is 10.7 Å². The van der Waals surface area contributed by atoms with Crippen molar-refractivity contribution in [2.75, 3.05) is 0 Å². The van der Waals surface area contributed by atoms with Crippen molar-refractivity contribution in [3.63, 3.8) is 0 Å². The van der Waals surface area contributed by atoms with Crippen LogP contribution in [0.1, 0.15) is 41.4 Å². The van der Waals surface area contributed by atoms with Gasteiger partial charge in [-0.05, 0) is 62.4 Å². The zero-order chi connectivity index (χ0) is 13.6. The third-order valence-electron chi connectivity index (χ3n) is 3.99. The van der Waals surface area contributed by atoms with Crippen LogP contribution < -0.4 is 5.73 Å². The van der Waals surface area contributed by atoms with Gasteiger partial charge in [-0.25, -0.2) is 0 Å². The molecule has 1 aromatic carbocycles. The number of aryl methyl sites for hydroxylation is 2. The highest BCUT2D eigenvalue weighted by Crippen LogP contribution is 2.34. The summed E-state index contributed by atoms with van der Waals surface area (Å²) in [6.45, 7) is 4.22. The van der Waals surface area contributed by atoms with Gasteiger partial charge in [-0.3, -0.25) is 0 Å². The summed E-state index contributed by atoms with van der Waals surface area (Å²) >= 11 is 6.39. The summed E-state index contributed by atoms with van der Waals surface area (Å²) < 4.78 is 2.28. The minimum atomic E-state index is 0.173. The van der Waals surface area contributed by atoms with E-state index in [4.69, 9.17) is 17.3 Å². The molecule has 3 heteroatoms. The Morgan fingerprint density at radius 1 is 1.26 bits per heavy atom. The lowest BCUT2D eigenvalue weighted by Crippen LogP contribution is -2.18. The molecule has 2 nitrogen and oxygen atoms in total. The molecule has 0 saturated carbocycles. The van der Waals surface area contributed by atoms with Crippen LogP contribution in [-0.2, 0) is 6.42 Å². The number of nitrogens with two attached hydrogens (primary N) is 1. The van der Waals surface area contributed by atoms with Crippen molar-refractivity contribution in [2.45, 2.75) is 39.2 Å². The highest BCUT2D eigenvalue weighted by atomic mass is 35.5. The molecule has 2 N–H and O–H groups in total. The van der Waals surface area contributed by atoms with Crippen molar-refractivity contribution < 1.29 is 0 Å². The number of hydrogen-bond acceptors (Lipinski definition) is 1. The Balaban J connectivity index is 2.23. The van der Waals surface area contributed by atoms with Crippen LogP contribution in [-0.4, -0.2) is 4.57 Å². The van der Waals surface area contributed by atoms with Crippen LogP contribution in [0.4, 0.5) is 0 Å². The van der Waals surface area contributed by atoms with Crippen molar-refractivity contribution in [1.29, 1.82) is 0 Å². The van der Waals surface area contributed by atoms with Gasteiger partial charge in [-0.2, -0.15) is 0 Å². The summed E-state index contributed by atoms with van der Waals surface area (Å²) in [5.41, 5.74) is 12.4. The lowest BCUT2D eigenvalue weighted by atomic mass is 9.93. The van der Waals surface area contributed by atoms with Crippen LogP contribution in [0.3, 0.4) is 0 Å². The summed E-state index contributed by atoms with van der Waals surface area (Å²) in [7, 11) is 0. The lowest BCUT2D eigenvalue weighted by molar-refractivity contribution is 0.560. The molecule has 100 valence electrons. The van der Waals surface area contributed by atoms with E-state index >= 15 is 0 Å². The first kappa shape index (κ1) is 12.8. The Hall–Kier alpha value is -1.25. The molecule has 1 aliphatic carbocycles. The first-order valence-electron chi connectivity index (χ1n) is 6.81. The van der Waals surface area contributed by atoms with E-state index in [2.05, 4.69) is 30.5 Å². The summed E-state index contributed by atoms with van der Waals surface area (Å²) in [6.07, 6.45) is 3.32. The average Bonchev–Trinajstić information content (AvgIpc) is 2.70. The van der Waals surface area contributed by atoms with Crippen molar-refractivity contribution >= 4 is 11.6 Å². The van der Waals surface area contributed by atoms with E-state index in [1.165, 1.54) is 22.5 Å². The molecule has 0 amide bonds. The van der Waals surface area contributed by atoms with E-state index in [1.807, 2.05) is 12.1 Å². The Morgan fingerprint density at radius 2 is 2.05 bits per heavy atom. The Morgan fingerprint density at radius 3 is 2.84 bits per heavy atom. The minimum absolute atomic E-state index is 0.173. The number of nitrogens with zero attached hydrogens (tertiary/aromatic N) is 1. The highest BCUT2D eigenvalue weighted by Gasteiger charge is 2.23. The molecular weight excluding hydrogens is 256 g/mol. The second-order valence-corrected chi connectivity index (χ2v) is 5.88. The lowest BCUT2D eigenvalue weighted by Gasteiger charge is -2.22. The molecule has 1 aliphatic rings. The number of halogens is 1. The van der Waals surface area contributed by atoms with Gasteiger partial charge >= 0.3 is 0 Å². The van der Waals surface area contributed by atoms with Gasteiger partial charge in [0.25, 0.3) is 0 Å². The maximum atomic E-state index is 6.39. The molecule has 1 unspecified atom stereocenters. The van der Waals surface area contributed by atoms with Crippen molar-refractivity contribution in [3.05, 3.63) is 51.8 Å². The van der Waals surface area contributed by atoms with Crippen LogP contribution in [0.5, 0.6) is 0 Å². The van der Waals surface area contributed by atoms with Gasteiger partial charge in [-0.1, -0.05) is 17.7 Å². The molecule has 0 radical (unpaired) electrons. The molecule has 0 aliphatic heterocycles. The molecule has 1 aromatic heterocycles. The maximum Gasteiger partial charge on any atom is 0.0646 e. The molecule has 0 spiro atoms. The number of rotatable bonds is 1. The predicted molar refractivity (Wildman–Crippen MR) is 80.1 cm³/mol. The van der Waals surface area contributed by atoms with Gasteiger partial charge in [0.1, 0.15) is 0 Å². The molecule has 0 bridgehead atoms. The van der Waals surface area contributed by atoms with Crippen molar-refractivity contribution in [1.82, 2.24) is 4.57 Å². The number of fused-ring (bicyclic) bond motifs is 1. The first-order valence-corrected chi connectivity index (χ1v) is 7.19. The topological polar surface area (TPSA) is 30.9 Å². The Labute approximate surface area is 119 Å². The summed E-state index contributed by atoms with van der Waals surface area (Å²) in [5, 5.41) is 0.797. The molecule has 0 saturated heterocycles. The SMILES string of the molecule is Cc1ccc(Cl)c(-n2c(C)cc3c2CCCC3N)c1. The van der Waals surface area contributed by atoms with Gasteiger partial charge in [0.2, 0.25) is 0 Å². The zero-order valence-electron chi connectivity index (χ0n) is 11.4. The normalized spacial score (nSPS) is 18.4. The van der Waals surface area contributed by atoms with Crippen molar-refractivity contribution in [3.8, 4) is 5.69 Å². The minimum Gasteiger partial charge on any atom is -0.324 e. The maximum absolute atomic E-state index is 6.39. The largest absolute Gasteiger partial charge is 0.324 e. The molecule has 1 heterocycles. The zero-order valence-corrected chi connectivity index (χ0v) is 12.2. The van der Waals surface area contributed by atoms with Gasteiger partial charge in [0, 0.05) is 17.4 Å². The van der Waals surface area contributed by atoms with E-state index in [1.54, 1.807) is 0 Å². The fourth-order valence-corrected chi connectivity index (χ4v) is 3.27. The van der Waals surface area contributed by atoms with E-state index in [0.717, 1.165) is 30.0 Å². The van der Waals surface area contributed by atoms with E-state index in [-0.39, 0.29) is 6.04 Å². The average molecular weight is 275 g/mol. The van der Waals surface area contributed by atoms with Crippen LogP contribution in [0.15, 0.2) is 24.3 Å². The monoisotopic (exact) mass is 274 g/mol. The second-order valence-electron chi connectivity index (χ2n) is 5.48. The number of benzene rings is 1. The summed E-state index contributed by atoms with van der Waals surface area (Å²) in [4.78, 5) is 0. The van der Waals surface area contributed by atoms with Crippen LogP contribution in [0, 0.1) is 13.8 Å². The smallest absolute Gasteiger partial charge is 0.0646 e. The molecule has 1 atom stereocenters. The molecule has 19 heavy (non-hydrogen) atoms. The fraction of sp³-hybridized carbons (Fsp3) is 0.375. The quantitative estimate of drug-likeness (QED) is 0.834. The van der Waals surface area contributed by atoms with E-state index < -0.39 is 0 Å². The highest BCUT2D eigenvalue weighted by molar-refractivity contribution is 6.32. The third kappa shape index (κ3) is 2.09. The predicted octanol–water partition coefficient (Wildman–Crippen LogP) is 4.08. The number of aromatic nitrogens is 1. The number of hydrogen-bond donors (Lipinski definition) is 1. The van der Waals surface area contributed by atoms with Crippen LogP contribution >= 0.6 is 11.6 Å². The third-order valence-corrected chi connectivity index (χ3v) is 4.31. The fourth-order valence-electron chi connectivity index (χ4n) is 3.07. The molecule has 3 rings (SSSR count). The Kier molecular flexibility index (Phi) is 3.15. The molecule has 2 aromatic rings. The second kappa shape index (κ2) is 4.69. The van der Waals surface area contributed by atoms with Crippen molar-refractivity contribution in [2.24, 2.45) is 5.73 Å².